The number of amides is 1. The van der Waals surface area contributed by atoms with Crippen LogP contribution in [-0.4, -0.2) is 46.7 Å². The number of nitrogens with zero attached hydrogens (tertiary/aromatic N) is 3. The molecule has 1 saturated heterocycles. The molecule has 3 heterocycles. The molecule has 1 aromatic heterocycles. The summed E-state index contributed by atoms with van der Waals surface area (Å²) in [4.78, 5) is 21.7. The molecule has 0 saturated carbocycles. The highest BCUT2D eigenvalue weighted by Gasteiger charge is 2.60. The number of piperidine rings is 1. The van der Waals surface area contributed by atoms with Gasteiger partial charge in [-0.3, -0.25) is 4.79 Å². The standard InChI is InChI=1S/C21H22F3N5O2/c22-21(23,24)20(31)11-16(30)28-19(26)17(20)18(25)13-7-9-29(10-8-13)15-6-5-12-3-1-2-4-14(12)27-15/h1-6,13,31H,7-11,25H2,(H2,26,28,30). The van der Waals surface area contributed by atoms with Crippen molar-refractivity contribution >= 4 is 28.5 Å². The van der Waals surface area contributed by atoms with Gasteiger partial charge >= 0.3 is 6.18 Å². The molecule has 31 heavy (non-hydrogen) atoms. The summed E-state index contributed by atoms with van der Waals surface area (Å²) >= 11 is 0. The second kappa shape index (κ2) is 7.52. The van der Waals surface area contributed by atoms with Crippen molar-refractivity contribution in [3.8, 4) is 0 Å². The number of nitrogens with two attached hydrogens (primary N) is 2. The largest absolute Gasteiger partial charge is 0.422 e. The van der Waals surface area contributed by atoms with E-state index in [-0.39, 0.29) is 5.70 Å². The van der Waals surface area contributed by atoms with Gasteiger partial charge in [0.2, 0.25) is 0 Å². The van der Waals surface area contributed by atoms with E-state index in [1.807, 2.05) is 41.3 Å². The molecule has 1 atom stereocenters. The van der Waals surface area contributed by atoms with Gasteiger partial charge in [-0.05, 0) is 31.0 Å². The molecule has 2 aromatic rings. The minimum atomic E-state index is -5.11. The summed E-state index contributed by atoms with van der Waals surface area (Å²) in [5.74, 6) is -1.47. The van der Waals surface area contributed by atoms with Crippen molar-refractivity contribution < 1.29 is 23.1 Å². The number of carbonyl (C=O) groups excluding carboxylic acids is 1. The molecule has 1 amide bonds. The molecule has 1 aromatic carbocycles. The lowest BCUT2D eigenvalue weighted by molar-refractivity contribution is -0.244. The van der Waals surface area contributed by atoms with Crippen molar-refractivity contribution in [3.05, 3.63) is 47.7 Å². The van der Waals surface area contributed by atoms with Crippen LogP contribution in [-0.2, 0) is 4.79 Å². The molecule has 0 spiro atoms. The summed E-state index contributed by atoms with van der Waals surface area (Å²) in [6.07, 6.45) is -5.45. The number of rotatable bonds is 2. The van der Waals surface area contributed by atoms with Crippen LogP contribution in [0.3, 0.4) is 0 Å². The van der Waals surface area contributed by atoms with Crippen LogP contribution in [0.4, 0.5) is 19.0 Å². The molecule has 7 nitrogen and oxygen atoms in total. The van der Waals surface area contributed by atoms with Crippen molar-refractivity contribution in [2.45, 2.75) is 31.0 Å². The van der Waals surface area contributed by atoms with Gasteiger partial charge in [-0.15, -0.1) is 0 Å². The second-order valence-electron chi connectivity index (χ2n) is 7.88. The van der Waals surface area contributed by atoms with Crippen LogP contribution in [0.25, 0.3) is 10.9 Å². The Morgan fingerprint density at radius 2 is 1.84 bits per heavy atom. The summed E-state index contributed by atoms with van der Waals surface area (Å²) < 4.78 is 40.9. The van der Waals surface area contributed by atoms with E-state index in [9.17, 15) is 23.1 Å². The van der Waals surface area contributed by atoms with Crippen molar-refractivity contribution in [2.24, 2.45) is 22.4 Å². The Morgan fingerprint density at radius 1 is 1.16 bits per heavy atom. The van der Waals surface area contributed by atoms with Crippen LogP contribution in [0, 0.1) is 5.92 Å². The fourth-order valence-corrected chi connectivity index (χ4v) is 4.23. The Balaban J connectivity index is 1.58. The Hall–Kier alpha value is -3.14. The van der Waals surface area contributed by atoms with Gasteiger partial charge in [0.15, 0.2) is 5.60 Å². The maximum atomic E-state index is 13.6. The SMILES string of the molecule is NC1=NC(=O)CC(O)(C(F)(F)F)C1=C(N)C1CCN(c2ccc3ccccc3n2)CC1. The molecular formula is C21H22F3N5O2. The van der Waals surface area contributed by atoms with E-state index in [2.05, 4.69) is 9.98 Å². The van der Waals surface area contributed by atoms with E-state index in [1.54, 1.807) is 0 Å². The van der Waals surface area contributed by atoms with E-state index in [0.29, 0.717) is 25.9 Å². The zero-order valence-electron chi connectivity index (χ0n) is 16.6. The Kier molecular flexibility index (Phi) is 5.12. The molecular weight excluding hydrogens is 411 g/mol. The smallest absolute Gasteiger partial charge is 0.401 e. The van der Waals surface area contributed by atoms with E-state index in [4.69, 9.17) is 11.5 Å². The predicted molar refractivity (Wildman–Crippen MR) is 110 cm³/mol. The van der Waals surface area contributed by atoms with Crippen molar-refractivity contribution in [2.75, 3.05) is 18.0 Å². The van der Waals surface area contributed by atoms with Gasteiger partial charge in [-0.25, -0.2) is 4.98 Å². The first-order chi connectivity index (χ1) is 14.6. The maximum absolute atomic E-state index is 13.6. The average Bonchev–Trinajstić information content (AvgIpc) is 2.72. The molecule has 4 rings (SSSR count). The zero-order chi connectivity index (χ0) is 22.4. The molecule has 0 radical (unpaired) electrons. The topological polar surface area (TPSA) is 118 Å². The van der Waals surface area contributed by atoms with Crippen molar-refractivity contribution in [1.29, 1.82) is 0 Å². The number of carbonyl (C=O) groups is 1. The number of anilines is 1. The van der Waals surface area contributed by atoms with E-state index >= 15 is 0 Å². The molecule has 0 aliphatic carbocycles. The molecule has 2 aliphatic heterocycles. The monoisotopic (exact) mass is 433 g/mol. The number of hydrogen-bond donors (Lipinski definition) is 3. The minimum Gasteiger partial charge on any atom is -0.401 e. The quantitative estimate of drug-likeness (QED) is 0.669. The molecule has 0 bridgehead atoms. The summed E-state index contributed by atoms with van der Waals surface area (Å²) in [6, 6.07) is 11.6. The highest BCUT2D eigenvalue weighted by molar-refractivity contribution is 6.09. The van der Waals surface area contributed by atoms with Crippen molar-refractivity contribution in [3.63, 3.8) is 0 Å². The van der Waals surface area contributed by atoms with E-state index < -0.39 is 41.4 Å². The van der Waals surface area contributed by atoms with Crippen LogP contribution in [0.1, 0.15) is 19.3 Å². The fraction of sp³-hybridized carbons (Fsp3) is 0.381. The van der Waals surface area contributed by atoms with Gasteiger partial charge in [-0.1, -0.05) is 18.2 Å². The second-order valence-corrected chi connectivity index (χ2v) is 7.88. The number of pyridine rings is 1. The number of aliphatic imine (C=N–C) groups is 1. The number of para-hydroxylation sites is 1. The lowest BCUT2D eigenvalue weighted by Gasteiger charge is -2.38. The molecule has 5 N–H and O–H groups in total. The Labute approximate surface area is 176 Å². The van der Waals surface area contributed by atoms with Gasteiger partial charge in [0.25, 0.3) is 5.91 Å². The molecule has 1 unspecified atom stereocenters. The number of fused-ring (bicyclic) bond motifs is 1. The third-order valence-corrected chi connectivity index (χ3v) is 5.92. The Morgan fingerprint density at radius 3 is 2.52 bits per heavy atom. The first kappa shape index (κ1) is 21.1. The Bertz CT molecular complexity index is 1090. The van der Waals surface area contributed by atoms with Gasteiger partial charge < -0.3 is 21.5 Å². The third-order valence-electron chi connectivity index (χ3n) is 5.92. The number of amidine groups is 1. The van der Waals surface area contributed by atoms with Crippen molar-refractivity contribution in [1.82, 2.24) is 4.98 Å². The molecule has 10 heteroatoms. The molecule has 2 aliphatic rings. The van der Waals surface area contributed by atoms with Gasteiger partial charge in [0.1, 0.15) is 11.7 Å². The minimum absolute atomic E-state index is 0.167. The summed E-state index contributed by atoms with van der Waals surface area (Å²) in [5.41, 5.74) is 8.30. The summed E-state index contributed by atoms with van der Waals surface area (Å²) in [7, 11) is 0. The third kappa shape index (κ3) is 3.71. The number of aromatic nitrogens is 1. The lowest BCUT2D eigenvalue weighted by atomic mass is 9.80. The van der Waals surface area contributed by atoms with E-state index in [1.165, 1.54) is 0 Å². The van der Waals surface area contributed by atoms with Gasteiger partial charge in [0, 0.05) is 30.1 Å². The van der Waals surface area contributed by atoms with Crippen LogP contribution in [0.15, 0.2) is 52.7 Å². The average molecular weight is 433 g/mol. The predicted octanol–water partition coefficient (Wildman–Crippen LogP) is 2.24. The van der Waals surface area contributed by atoms with Crippen LogP contribution in [0.2, 0.25) is 0 Å². The first-order valence-corrected chi connectivity index (χ1v) is 9.87. The first-order valence-electron chi connectivity index (χ1n) is 9.87. The normalized spacial score (nSPS) is 25.0. The van der Waals surface area contributed by atoms with Crippen LogP contribution in [0.5, 0.6) is 0 Å². The molecule has 164 valence electrons. The lowest BCUT2D eigenvalue weighted by Crippen LogP contribution is -2.55. The van der Waals surface area contributed by atoms with Gasteiger partial charge in [0.05, 0.1) is 17.5 Å². The van der Waals surface area contributed by atoms with Gasteiger partial charge in [-0.2, -0.15) is 18.2 Å². The molecule has 1 fully saturated rings. The number of alkyl halides is 3. The zero-order valence-corrected chi connectivity index (χ0v) is 16.6. The number of benzene rings is 1. The van der Waals surface area contributed by atoms with Crippen LogP contribution < -0.4 is 16.4 Å². The highest BCUT2D eigenvalue weighted by Crippen LogP contribution is 2.43. The summed E-state index contributed by atoms with van der Waals surface area (Å²) in [5, 5.41) is 11.4. The van der Waals surface area contributed by atoms with E-state index in [0.717, 1.165) is 16.7 Å². The summed E-state index contributed by atoms with van der Waals surface area (Å²) in [6.45, 7) is 1.04. The fourth-order valence-electron chi connectivity index (χ4n) is 4.23. The number of allylic oxidation sites excluding steroid dienone is 1. The number of hydrogen-bond acceptors (Lipinski definition) is 6. The number of halogens is 3. The highest BCUT2D eigenvalue weighted by atomic mass is 19.4. The number of aliphatic hydroxyl groups is 1. The van der Waals surface area contributed by atoms with Crippen LogP contribution >= 0.6 is 0 Å². The maximum Gasteiger partial charge on any atom is 0.422 e.